The third-order valence-corrected chi connectivity index (χ3v) is 2.08. The molecule has 0 heterocycles. The molecule has 0 spiro atoms. The van der Waals surface area contributed by atoms with Crippen molar-refractivity contribution in [1.82, 2.24) is 0 Å². The number of esters is 1. The number of hydrogen-bond acceptors (Lipinski definition) is 5. The van der Waals surface area contributed by atoms with Crippen molar-refractivity contribution in [1.29, 1.82) is 0 Å². The lowest BCUT2D eigenvalue weighted by molar-refractivity contribution is -0.145. The molecule has 0 aliphatic heterocycles. The summed E-state index contributed by atoms with van der Waals surface area (Å²) >= 11 is 0. The van der Waals surface area contributed by atoms with Gasteiger partial charge in [0.25, 0.3) is 0 Å². The minimum absolute atomic E-state index is 0.163. The van der Waals surface area contributed by atoms with E-state index in [-0.39, 0.29) is 6.61 Å². The molecule has 0 atom stereocenters. The molecular formula is C12H15NO4. The van der Waals surface area contributed by atoms with Gasteiger partial charge in [0.2, 0.25) is 0 Å². The summed E-state index contributed by atoms with van der Waals surface area (Å²) in [5.41, 5.74) is 1.06. The first-order chi connectivity index (χ1) is 8.19. The smallest absolute Gasteiger partial charge is 0.344 e. The summed E-state index contributed by atoms with van der Waals surface area (Å²) in [7, 11) is 0. The van der Waals surface area contributed by atoms with Gasteiger partial charge in [0, 0.05) is 5.56 Å². The molecule has 0 saturated heterocycles. The highest BCUT2D eigenvalue weighted by Crippen LogP contribution is 2.18. The van der Waals surface area contributed by atoms with Gasteiger partial charge in [-0.25, -0.2) is 4.79 Å². The van der Waals surface area contributed by atoms with Gasteiger partial charge < -0.3 is 14.7 Å². The molecule has 0 bridgehead atoms. The van der Waals surface area contributed by atoms with E-state index in [4.69, 9.17) is 14.7 Å². The number of ether oxygens (including phenoxy) is 2. The summed E-state index contributed by atoms with van der Waals surface area (Å²) in [5, 5.41) is 11.8. The predicted octanol–water partition coefficient (Wildman–Crippen LogP) is 1.83. The normalized spacial score (nSPS) is 11.1. The van der Waals surface area contributed by atoms with Crippen LogP contribution in [0.4, 0.5) is 0 Å². The maximum Gasteiger partial charge on any atom is 0.344 e. The molecule has 0 amide bonds. The van der Waals surface area contributed by atoms with Gasteiger partial charge in [-0.05, 0) is 26.0 Å². The summed E-state index contributed by atoms with van der Waals surface area (Å²) in [5.74, 6) is 0.0525. The highest BCUT2D eigenvalue weighted by Gasteiger charge is 2.09. The molecule has 0 radical (unpaired) electrons. The number of oxime groups is 1. The number of hydrogen-bond donors (Lipinski definition) is 1. The molecule has 0 aliphatic carbocycles. The predicted molar refractivity (Wildman–Crippen MR) is 62.6 cm³/mol. The van der Waals surface area contributed by atoms with E-state index < -0.39 is 5.97 Å². The molecule has 5 nitrogen and oxygen atoms in total. The van der Waals surface area contributed by atoms with Crippen LogP contribution in [-0.2, 0) is 9.53 Å². The standard InChI is InChI=1S/C12H15NO4/c1-3-16-12(14)8-17-11-7-5-4-6-10(11)9(2)13-15/h4-7,15H,3,8H2,1-2H3/b13-9+. The molecule has 92 valence electrons. The Morgan fingerprint density at radius 1 is 1.41 bits per heavy atom. The molecule has 1 aromatic rings. The molecular weight excluding hydrogens is 222 g/mol. The Morgan fingerprint density at radius 3 is 2.76 bits per heavy atom. The zero-order valence-corrected chi connectivity index (χ0v) is 9.84. The van der Waals surface area contributed by atoms with E-state index in [1.165, 1.54) is 0 Å². The second-order valence-corrected chi connectivity index (χ2v) is 3.28. The lowest BCUT2D eigenvalue weighted by Gasteiger charge is -2.09. The first-order valence-corrected chi connectivity index (χ1v) is 5.25. The molecule has 5 heteroatoms. The number of carbonyl (C=O) groups excluding carboxylic acids is 1. The minimum Gasteiger partial charge on any atom is -0.481 e. The third kappa shape index (κ3) is 3.79. The van der Waals surface area contributed by atoms with Crippen LogP contribution in [0.25, 0.3) is 0 Å². The SMILES string of the molecule is CCOC(=O)COc1ccccc1/C(C)=N/O. The molecule has 1 rings (SSSR count). The van der Waals surface area contributed by atoms with Gasteiger partial charge in [0.1, 0.15) is 5.75 Å². The van der Waals surface area contributed by atoms with E-state index in [0.29, 0.717) is 23.6 Å². The molecule has 0 aliphatic rings. The Hall–Kier alpha value is -2.04. The van der Waals surface area contributed by atoms with Crippen LogP contribution in [0.1, 0.15) is 19.4 Å². The number of benzene rings is 1. The average molecular weight is 237 g/mol. The van der Waals surface area contributed by atoms with Crippen LogP contribution in [-0.4, -0.2) is 30.1 Å². The maximum absolute atomic E-state index is 11.1. The Balaban J connectivity index is 2.74. The second kappa shape index (κ2) is 6.52. The van der Waals surface area contributed by atoms with E-state index >= 15 is 0 Å². The van der Waals surface area contributed by atoms with Crippen LogP contribution in [0.15, 0.2) is 29.4 Å². The van der Waals surface area contributed by atoms with Gasteiger partial charge in [-0.3, -0.25) is 0 Å². The van der Waals surface area contributed by atoms with Crippen LogP contribution in [0.3, 0.4) is 0 Å². The largest absolute Gasteiger partial charge is 0.481 e. The summed E-state index contributed by atoms with van der Waals surface area (Å²) in [4.78, 5) is 11.1. The van der Waals surface area contributed by atoms with Gasteiger partial charge in [-0.15, -0.1) is 0 Å². The first kappa shape index (κ1) is 13.0. The second-order valence-electron chi connectivity index (χ2n) is 3.28. The van der Waals surface area contributed by atoms with Gasteiger partial charge in [0.05, 0.1) is 12.3 Å². The lowest BCUT2D eigenvalue weighted by Crippen LogP contribution is -2.15. The molecule has 0 unspecified atom stereocenters. The number of nitrogens with zero attached hydrogens (tertiary/aromatic N) is 1. The topological polar surface area (TPSA) is 68.1 Å². The van der Waals surface area contributed by atoms with E-state index in [9.17, 15) is 4.79 Å². The van der Waals surface area contributed by atoms with Crippen LogP contribution < -0.4 is 4.74 Å². The van der Waals surface area contributed by atoms with E-state index in [2.05, 4.69) is 5.16 Å². The molecule has 1 aromatic carbocycles. The summed E-state index contributed by atoms with van der Waals surface area (Å²) in [6, 6.07) is 7.01. The van der Waals surface area contributed by atoms with Gasteiger partial charge in [0.15, 0.2) is 6.61 Å². The molecule has 0 saturated carbocycles. The van der Waals surface area contributed by atoms with E-state index in [1.807, 2.05) is 0 Å². The molecule has 0 aromatic heterocycles. The van der Waals surface area contributed by atoms with Crippen molar-refractivity contribution in [3.05, 3.63) is 29.8 Å². The molecule has 17 heavy (non-hydrogen) atoms. The zero-order chi connectivity index (χ0) is 12.7. The average Bonchev–Trinajstić information content (AvgIpc) is 2.36. The van der Waals surface area contributed by atoms with Crippen LogP contribution in [0.5, 0.6) is 5.75 Å². The Bertz CT molecular complexity index is 415. The van der Waals surface area contributed by atoms with Crippen molar-refractivity contribution in [2.24, 2.45) is 5.16 Å². The molecule has 0 fully saturated rings. The van der Waals surface area contributed by atoms with Crippen LogP contribution in [0.2, 0.25) is 0 Å². The van der Waals surface area contributed by atoms with E-state index in [1.54, 1.807) is 38.1 Å². The highest BCUT2D eigenvalue weighted by atomic mass is 16.6. The fraction of sp³-hybridized carbons (Fsp3) is 0.333. The number of para-hydroxylation sites is 1. The Labute approximate surface area is 99.7 Å². The van der Waals surface area contributed by atoms with Crippen molar-refractivity contribution in [2.75, 3.05) is 13.2 Å². The summed E-state index contributed by atoms with van der Waals surface area (Å²) < 4.78 is 10.1. The Kier molecular flexibility index (Phi) is 5.00. The van der Waals surface area contributed by atoms with Gasteiger partial charge in [-0.1, -0.05) is 17.3 Å². The maximum atomic E-state index is 11.1. The van der Waals surface area contributed by atoms with Crippen molar-refractivity contribution in [3.63, 3.8) is 0 Å². The van der Waals surface area contributed by atoms with Crippen LogP contribution >= 0.6 is 0 Å². The monoisotopic (exact) mass is 237 g/mol. The quantitative estimate of drug-likeness (QED) is 0.367. The lowest BCUT2D eigenvalue weighted by atomic mass is 10.1. The Morgan fingerprint density at radius 2 is 2.12 bits per heavy atom. The summed E-state index contributed by atoms with van der Waals surface area (Å²) in [6.07, 6.45) is 0. The number of rotatable bonds is 5. The summed E-state index contributed by atoms with van der Waals surface area (Å²) in [6.45, 7) is 3.53. The highest BCUT2D eigenvalue weighted by molar-refractivity contribution is 6.00. The number of carbonyl (C=O) groups is 1. The van der Waals surface area contributed by atoms with Crippen molar-refractivity contribution in [3.8, 4) is 5.75 Å². The van der Waals surface area contributed by atoms with E-state index in [0.717, 1.165) is 0 Å². The minimum atomic E-state index is -0.430. The molecule has 1 N–H and O–H groups in total. The fourth-order valence-electron chi connectivity index (χ4n) is 1.28. The van der Waals surface area contributed by atoms with Crippen LogP contribution in [0, 0.1) is 0 Å². The first-order valence-electron chi connectivity index (χ1n) is 5.25. The van der Waals surface area contributed by atoms with Crippen molar-refractivity contribution >= 4 is 11.7 Å². The van der Waals surface area contributed by atoms with Gasteiger partial charge in [-0.2, -0.15) is 0 Å². The fourth-order valence-corrected chi connectivity index (χ4v) is 1.28. The van der Waals surface area contributed by atoms with Crippen molar-refractivity contribution < 1.29 is 19.5 Å². The van der Waals surface area contributed by atoms with Gasteiger partial charge >= 0.3 is 5.97 Å². The zero-order valence-electron chi connectivity index (χ0n) is 9.84. The van der Waals surface area contributed by atoms with Crippen molar-refractivity contribution in [2.45, 2.75) is 13.8 Å². The third-order valence-electron chi connectivity index (χ3n) is 2.08.